The fraction of sp³-hybridized carbons (Fsp3) is 1.00. The molecule has 0 saturated heterocycles. The summed E-state index contributed by atoms with van der Waals surface area (Å²) in [6.45, 7) is 9.41. The molecule has 17 heavy (non-hydrogen) atoms. The zero-order valence-electron chi connectivity index (χ0n) is 12.3. The van der Waals surface area contributed by atoms with Crippen molar-refractivity contribution in [3.05, 3.63) is 0 Å². The first-order valence-electron chi connectivity index (χ1n) is 7.23. The first-order valence-corrected chi connectivity index (χ1v) is 8.46. The quantitative estimate of drug-likeness (QED) is 0.705. The highest BCUT2D eigenvalue weighted by Crippen LogP contribution is 2.37. The van der Waals surface area contributed by atoms with Crippen LogP contribution in [0.4, 0.5) is 0 Å². The molecule has 1 aliphatic carbocycles. The SMILES string of the molecule is CSC1(CNCCCC(C)(C)C)CCCCC1. The van der Waals surface area contributed by atoms with Gasteiger partial charge < -0.3 is 5.32 Å². The lowest BCUT2D eigenvalue weighted by molar-refractivity contribution is 0.347. The molecule has 1 nitrogen and oxygen atoms in total. The second-order valence-corrected chi connectivity index (χ2v) is 8.06. The van der Waals surface area contributed by atoms with Gasteiger partial charge in [-0.25, -0.2) is 0 Å². The minimum absolute atomic E-state index is 0.490. The number of rotatable bonds is 6. The topological polar surface area (TPSA) is 12.0 Å². The fourth-order valence-electron chi connectivity index (χ4n) is 2.71. The molecule has 0 aliphatic heterocycles. The Hall–Kier alpha value is 0.310. The Morgan fingerprint density at radius 3 is 2.29 bits per heavy atom. The van der Waals surface area contributed by atoms with Gasteiger partial charge in [0.05, 0.1) is 0 Å². The monoisotopic (exact) mass is 257 g/mol. The summed E-state index contributed by atoms with van der Waals surface area (Å²) in [6.07, 6.45) is 12.1. The van der Waals surface area contributed by atoms with Crippen LogP contribution in [0, 0.1) is 5.41 Å². The van der Waals surface area contributed by atoms with Gasteiger partial charge in [-0.15, -0.1) is 0 Å². The van der Waals surface area contributed by atoms with Crippen LogP contribution >= 0.6 is 11.8 Å². The van der Waals surface area contributed by atoms with Gasteiger partial charge in [0.1, 0.15) is 0 Å². The molecule has 1 fully saturated rings. The highest BCUT2D eigenvalue weighted by atomic mass is 32.2. The van der Waals surface area contributed by atoms with Crippen molar-refractivity contribution in [1.82, 2.24) is 5.32 Å². The van der Waals surface area contributed by atoms with Gasteiger partial charge in [0.15, 0.2) is 0 Å². The van der Waals surface area contributed by atoms with E-state index in [-0.39, 0.29) is 0 Å². The molecule has 102 valence electrons. The van der Waals surface area contributed by atoms with Crippen LogP contribution in [0.25, 0.3) is 0 Å². The van der Waals surface area contributed by atoms with Crippen LogP contribution in [0.15, 0.2) is 0 Å². The molecule has 1 saturated carbocycles. The highest BCUT2D eigenvalue weighted by Gasteiger charge is 2.30. The minimum Gasteiger partial charge on any atom is -0.315 e. The van der Waals surface area contributed by atoms with Gasteiger partial charge in [0.2, 0.25) is 0 Å². The molecule has 0 aromatic heterocycles. The van der Waals surface area contributed by atoms with Crippen molar-refractivity contribution in [1.29, 1.82) is 0 Å². The van der Waals surface area contributed by atoms with Crippen molar-refractivity contribution >= 4 is 11.8 Å². The summed E-state index contributed by atoms with van der Waals surface area (Å²) in [5.74, 6) is 0. The van der Waals surface area contributed by atoms with Crippen LogP contribution in [0.1, 0.15) is 65.7 Å². The first-order chi connectivity index (χ1) is 7.97. The summed E-state index contributed by atoms with van der Waals surface area (Å²) < 4.78 is 0.556. The maximum absolute atomic E-state index is 3.70. The highest BCUT2D eigenvalue weighted by molar-refractivity contribution is 8.00. The van der Waals surface area contributed by atoms with E-state index in [2.05, 4.69) is 44.1 Å². The third-order valence-corrected chi connectivity index (χ3v) is 5.34. The molecule has 0 unspecified atom stereocenters. The predicted molar refractivity (Wildman–Crippen MR) is 80.9 cm³/mol. The van der Waals surface area contributed by atoms with E-state index in [0.717, 1.165) is 0 Å². The van der Waals surface area contributed by atoms with Crippen molar-refractivity contribution in [2.24, 2.45) is 5.41 Å². The lowest BCUT2D eigenvalue weighted by Crippen LogP contribution is -2.39. The van der Waals surface area contributed by atoms with Crippen molar-refractivity contribution in [3.63, 3.8) is 0 Å². The third kappa shape index (κ3) is 6.15. The molecular formula is C15H31NS. The molecule has 0 aromatic rings. The van der Waals surface area contributed by atoms with Gasteiger partial charge in [-0.2, -0.15) is 11.8 Å². The molecule has 0 heterocycles. The van der Waals surface area contributed by atoms with Crippen LogP contribution in [0.5, 0.6) is 0 Å². The summed E-state index contributed by atoms with van der Waals surface area (Å²) in [4.78, 5) is 0. The molecule has 0 atom stereocenters. The molecule has 0 bridgehead atoms. The Morgan fingerprint density at radius 2 is 1.76 bits per heavy atom. The van der Waals surface area contributed by atoms with E-state index in [1.54, 1.807) is 0 Å². The third-order valence-electron chi connectivity index (χ3n) is 3.93. The fourth-order valence-corrected chi connectivity index (χ4v) is 3.65. The lowest BCUT2D eigenvalue weighted by Gasteiger charge is -2.36. The van der Waals surface area contributed by atoms with E-state index in [4.69, 9.17) is 0 Å². The molecule has 1 N–H and O–H groups in total. The van der Waals surface area contributed by atoms with Gasteiger partial charge in [0.25, 0.3) is 0 Å². The van der Waals surface area contributed by atoms with E-state index in [9.17, 15) is 0 Å². The van der Waals surface area contributed by atoms with E-state index >= 15 is 0 Å². The Balaban J connectivity index is 2.15. The maximum Gasteiger partial charge on any atom is 0.0281 e. The standard InChI is InChI=1S/C15H31NS/c1-14(2,3)9-8-12-16-13-15(17-4)10-6-5-7-11-15/h16H,5-13H2,1-4H3. The maximum atomic E-state index is 3.70. The molecule has 0 amide bonds. The van der Waals surface area contributed by atoms with E-state index in [1.165, 1.54) is 58.0 Å². The van der Waals surface area contributed by atoms with E-state index in [1.807, 2.05) is 0 Å². The van der Waals surface area contributed by atoms with Gasteiger partial charge in [-0.3, -0.25) is 0 Å². The smallest absolute Gasteiger partial charge is 0.0281 e. The Bertz CT molecular complexity index is 201. The zero-order chi connectivity index (χ0) is 12.8. The molecule has 0 radical (unpaired) electrons. The average Bonchev–Trinajstić information content (AvgIpc) is 2.28. The Labute approximate surface area is 113 Å². The summed E-state index contributed by atoms with van der Waals surface area (Å²) in [5, 5.41) is 3.70. The minimum atomic E-state index is 0.490. The number of hydrogen-bond donors (Lipinski definition) is 1. The van der Waals surface area contributed by atoms with Crippen LogP contribution < -0.4 is 5.32 Å². The van der Waals surface area contributed by atoms with Crippen molar-refractivity contribution in [2.45, 2.75) is 70.5 Å². The molecular weight excluding hydrogens is 226 g/mol. The van der Waals surface area contributed by atoms with Crippen molar-refractivity contribution in [2.75, 3.05) is 19.3 Å². The van der Waals surface area contributed by atoms with Crippen molar-refractivity contribution < 1.29 is 0 Å². The second kappa shape index (κ2) is 7.04. The first kappa shape index (κ1) is 15.4. The van der Waals surface area contributed by atoms with Crippen LogP contribution in [0.2, 0.25) is 0 Å². The Morgan fingerprint density at radius 1 is 1.12 bits per heavy atom. The molecule has 0 aromatic carbocycles. The van der Waals surface area contributed by atoms with Gasteiger partial charge in [-0.1, -0.05) is 40.0 Å². The summed E-state index contributed by atoms with van der Waals surface area (Å²) in [6, 6.07) is 0. The van der Waals surface area contributed by atoms with Gasteiger partial charge in [-0.05, 0) is 43.9 Å². The predicted octanol–water partition coefficient (Wildman–Crippen LogP) is 4.47. The van der Waals surface area contributed by atoms with Crippen molar-refractivity contribution in [3.8, 4) is 0 Å². The largest absolute Gasteiger partial charge is 0.315 e. The zero-order valence-corrected chi connectivity index (χ0v) is 13.1. The lowest BCUT2D eigenvalue weighted by atomic mass is 9.88. The number of thioether (sulfide) groups is 1. The molecule has 2 heteroatoms. The van der Waals surface area contributed by atoms with E-state index < -0.39 is 0 Å². The second-order valence-electron chi connectivity index (χ2n) is 6.79. The van der Waals surface area contributed by atoms with Crippen LogP contribution in [-0.4, -0.2) is 24.1 Å². The van der Waals surface area contributed by atoms with Crippen LogP contribution in [-0.2, 0) is 0 Å². The number of hydrogen-bond acceptors (Lipinski definition) is 2. The van der Waals surface area contributed by atoms with E-state index in [0.29, 0.717) is 10.2 Å². The molecule has 0 spiro atoms. The summed E-state index contributed by atoms with van der Waals surface area (Å²) >= 11 is 2.09. The summed E-state index contributed by atoms with van der Waals surface area (Å²) in [5.41, 5.74) is 0.490. The number of nitrogens with one attached hydrogen (secondary N) is 1. The average molecular weight is 257 g/mol. The Kier molecular flexibility index (Phi) is 6.36. The molecule has 1 rings (SSSR count). The normalized spacial score (nSPS) is 20.5. The van der Waals surface area contributed by atoms with Gasteiger partial charge >= 0.3 is 0 Å². The summed E-state index contributed by atoms with van der Waals surface area (Å²) in [7, 11) is 0. The molecule has 1 aliphatic rings. The van der Waals surface area contributed by atoms with Crippen LogP contribution in [0.3, 0.4) is 0 Å². The van der Waals surface area contributed by atoms with Gasteiger partial charge in [0, 0.05) is 11.3 Å².